The summed E-state index contributed by atoms with van der Waals surface area (Å²) in [6, 6.07) is 7.22. The van der Waals surface area contributed by atoms with Gasteiger partial charge in [-0.2, -0.15) is 11.3 Å². The Bertz CT molecular complexity index is 468. The second kappa shape index (κ2) is 4.17. The molecule has 0 amide bonds. The van der Waals surface area contributed by atoms with Crippen LogP contribution in [0.15, 0.2) is 35.0 Å². The number of thiophene rings is 1. The number of ketones is 1. The molecule has 0 aliphatic rings. The maximum atomic E-state index is 12.0. The Morgan fingerprint density at radius 3 is 2.67 bits per heavy atom. The van der Waals surface area contributed by atoms with E-state index >= 15 is 0 Å². The van der Waals surface area contributed by atoms with Crippen molar-refractivity contribution in [3.8, 4) is 0 Å². The van der Waals surface area contributed by atoms with Crippen molar-refractivity contribution < 1.29 is 4.79 Å². The fraction of sp³-hybridized carbons (Fsp3) is 0.0833. The highest BCUT2D eigenvalue weighted by Gasteiger charge is 2.10. The lowest BCUT2D eigenvalue weighted by Crippen LogP contribution is -1.99. The van der Waals surface area contributed by atoms with Crippen LogP contribution >= 0.6 is 22.9 Å². The van der Waals surface area contributed by atoms with Crippen molar-refractivity contribution in [2.75, 3.05) is 0 Å². The molecule has 1 heterocycles. The fourth-order valence-electron chi connectivity index (χ4n) is 1.43. The van der Waals surface area contributed by atoms with Crippen LogP contribution in [0.25, 0.3) is 0 Å². The number of hydrogen-bond acceptors (Lipinski definition) is 2. The van der Waals surface area contributed by atoms with Gasteiger partial charge in [0, 0.05) is 21.5 Å². The smallest absolute Gasteiger partial charge is 0.193 e. The van der Waals surface area contributed by atoms with E-state index in [0.29, 0.717) is 10.6 Å². The topological polar surface area (TPSA) is 17.1 Å². The lowest BCUT2D eigenvalue weighted by atomic mass is 10.0. The summed E-state index contributed by atoms with van der Waals surface area (Å²) in [5.41, 5.74) is 2.38. The van der Waals surface area contributed by atoms with Crippen molar-refractivity contribution in [2.24, 2.45) is 0 Å². The van der Waals surface area contributed by atoms with Gasteiger partial charge in [-0.1, -0.05) is 11.6 Å². The van der Waals surface area contributed by atoms with Crippen molar-refractivity contribution in [2.45, 2.75) is 6.92 Å². The first-order valence-corrected chi connectivity index (χ1v) is 5.83. The summed E-state index contributed by atoms with van der Waals surface area (Å²) < 4.78 is 0. The van der Waals surface area contributed by atoms with Crippen LogP contribution in [-0.2, 0) is 0 Å². The third kappa shape index (κ3) is 2.28. The minimum Gasteiger partial charge on any atom is -0.289 e. The molecule has 15 heavy (non-hydrogen) atoms. The molecule has 0 fully saturated rings. The van der Waals surface area contributed by atoms with Gasteiger partial charge < -0.3 is 0 Å². The standard InChI is InChI=1S/C12H9ClOS/c1-8-4-10(6-11(13)5-8)12(14)9-2-3-15-7-9/h2-7H,1H3. The summed E-state index contributed by atoms with van der Waals surface area (Å²) in [6.07, 6.45) is 0. The van der Waals surface area contributed by atoms with Gasteiger partial charge in [0.2, 0.25) is 0 Å². The molecule has 2 rings (SSSR count). The van der Waals surface area contributed by atoms with Crippen LogP contribution < -0.4 is 0 Å². The molecule has 0 bridgehead atoms. The molecule has 0 saturated heterocycles. The molecular formula is C12H9ClOS. The Morgan fingerprint density at radius 2 is 2.07 bits per heavy atom. The van der Waals surface area contributed by atoms with Crippen molar-refractivity contribution in [1.82, 2.24) is 0 Å². The average Bonchev–Trinajstić information content (AvgIpc) is 2.67. The van der Waals surface area contributed by atoms with E-state index in [2.05, 4.69) is 0 Å². The summed E-state index contributed by atoms with van der Waals surface area (Å²) in [4.78, 5) is 12.0. The summed E-state index contributed by atoms with van der Waals surface area (Å²) >= 11 is 7.42. The first kappa shape index (κ1) is 10.4. The summed E-state index contributed by atoms with van der Waals surface area (Å²) in [5.74, 6) is 0.0295. The highest BCUT2D eigenvalue weighted by Crippen LogP contribution is 2.18. The zero-order chi connectivity index (χ0) is 10.8. The molecule has 0 radical (unpaired) electrons. The molecule has 0 saturated carbocycles. The summed E-state index contributed by atoms with van der Waals surface area (Å²) in [7, 11) is 0. The zero-order valence-corrected chi connectivity index (χ0v) is 9.73. The number of carbonyl (C=O) groups is 1. The minimum absolute atomic E-state index is 0.0295. The normalized spacial score (nSPS) is 10.3. The second-order valence-electron chi connectivity index (χ2n) is 3.36. The maximum Gasteiger partial charge on any atom is 0.193 e. The van der Waals surface area contributed by atoms with Crippen LogP contribution in [0.3, 0.4) is 0 Å². The molecule has 0 aliphatic heterocycles. The predicted octanol–water partition coefficient (Wildman–Crippen LogP) is 3.94. The predicted molar refractivity (Wildman–Crippen MR) is 63.9 cm³/mol. The molecule has 0 N–H and O–H groups in total. The Kier molecular flexibility index (Phi) is 2.89. The Hall–Kier alpha value is -1.12. The first-order chi connectivity index (χ1) is 7.16. The molecule has 0 atom stereocenters. The molecule has 0 aliphatic carbocycles. The molecule has 2 aromatic rings. The summed E-state index contributed by atoms with van der Waals surface area (Å²) in [5, 5.41) is 4.34. The van der Waals surface area contributed by atoms with Crippen LogP contribution in [-0.4, -0.2) is 5.78 Å². The van der Waals surface area contributed by atoms with Gasteiger partial charge in [-0.15, -0.1) is 0 Å². The number of carbonyl (C=O) groups excluding carboxylic acids is 1. The Morgan fingerprint density at radius 1 is 1.27 bits per heavy atom. The fourth-order valence-corrected chi connectivity index (χ4v) is 2.35. The Balaban J connectivity index is 2.42. The van der Waals surface area contributed by atoms with Gasteiger partial charge in [-0.05, 0) is 42.1 Å². The van der Waals surface area contributed by atoms with Crippen molar-refractivity contribution in [1.29, 1.82) is 0 Å². The van der Waals surface area contributed by atoms with Crippen LogP contribution in [0.5, 0.6) is 0 Å². The number of aryl methyl sites for hydroxylation is 1. The van der Waals surface area contributed by atoms with E-state index in [1.54, 1.807) is 6.07 Å². The summed E-state index contributed by atoms with van der Waals surface area (Å²) in [6.45, 7) is 1.93. The van der Waals surface area contributed by atoms with Gasteiger partial charge in [-0.25, -0.2) is 0 Å². The molecule has 1 aromatic heterocycles. The van der Waals surface area contributed by atoms with Crippen molar-refractivity contribution >= 4 is 28.7 Å². The van der Waals surface area contributed by atoms with Gasteiger partial charge in [0.1, 0.15) is 0 Å². The van der Waals surface area contributed by atoms with Crippen LogP contribution in [0.2, 0.25) is 5.02 Å². The van der Waals surface area contributed by atoms with Crippen LogP contribution in [0.4, 0.5) is 0 Å². The number of hydrogen-bond donors (Lipinski definition) is 0. The third-order valence-corrected chi connectivity index (χ3v) is 2.99. The lowest BCUT2D eigenvalue weighted by molar-refractivity contribution is 0.103. The van der Waals surface area contributed by atoms with E-state index in [0.717, 1.165) is 11.1 Å². The van der Waals surface area contributed by atoms with E-state index in [4.69, 9.17) is 11.6 Å². The monoisotopic (exact) mass is 236 g/mol. The quantitative estimate of drug-likeness (QED) is 0.722. The van der Waals surface area contributed by atoms with E-state index in [1.165, 1.54) is 11.3 Å². The van der Waals surface area contributed by atoms with Crippen LogP contribution in [0, 0.1) is 6.92 Å². The minimum atomic E-state index is 0.0295. The van der Waals surface area contributed by atoms with Crippen molar-refractivity contribution in [3.05, 3.63) is 56.7 Å². The van der Waals surface area contributed by atoms with E-state index in [9.17, 15) is 4.79 Å². The molecular weight excluding hydrogens is 228 g/mol. The Labute approximate surface area is 97.3 Å². The van der Waals surface area contributed by atoms with Gasteiger partial charge in [-0.3, -0.25) is 4.79 Å². The number of halogens is 1. The molecule has 1 aromatic carbocycles. The highest BCUT2D eigenvalue weighted by atomic mass is 35.5. The third-order valence-electron chi connectivity index (χ3n) is 2.09. The van der Waals surface area contributed by atoms with E-state index in [-0.39, 0.29) is 5.78 Å². The van der Waals surface area contributed by atoms with Crippen molar-refractivity contribution in [3.63, 3.8) is 0 Å². The van der Waals surface area contributed by atoms with Crippen LogP contribution in [0.1, 0.15) is 21.5 Å². The van der Waals surface area contributed by atoms with Gasteiger partial charge in [0.05, 0.1) is 0 Å². The molecule has 0 spiro atoms. The molecule has 3 heteroatoms. The second-order valence-corrected chi connectivity index (χ2v) is 4.57. The first-order valence-electron chi connectivity index (χ1n) is 4.51. The van der Waals surface area contributed by atoms with Gasteiger partial charge in [0.25, 0.3) is 0 Å². The maximum absolute atomic E-state index is 12.0. The van der Waals surface area contributed by atoms with Gasteiger partial charge >= 0.3 is 0 Å². The largest absolute Gasteiger partial charge is 0.289 e. The lowest BCUT2D eigenvalue weighted by Gasteiger charge is -2.01. The van der Waals surface area contributed by atoms with E-state index in [1.807, 2.05) is 35.9 Å². The van der Waals surface area contributed by atoms with Gasteiger partial charge in [0.15, 0.2) is 5.78 Å². The zero-order valence-electron chi connectivity index (χ0n) is 8.16. The van der Waals surface area contributed by atoms with E-state index < -0.39 is 0 Å². The number of benzene rings is 1. The highest BCUT2D eigenvalue weighted by molar-refractivity contribution is 7.08. The molecule has 1 nitrogen and oxygen atoms in total. The number of rotatable bonds is 2. The SMILES string of the molecule is Cc1cc(Cl)cc(C(=O)c2ccsc2)c1. The average molecular weight is 237 g/mol. The molecule has 0 unspecified atom stereocenters. The molecule has 76 valence electrons.